The topological polar surface area (TPSA) is 80.3 Å². The summed E-state index contributed by atoms with van der Waals surface area (Å²) >= 11 is 1.14. The number of thiazole rings is 1. The van der Waals surface area contributed by atoms with Gasteiger partial charge >= 0.3 is 6.18 Å². The Balaban J connectivity index is 1.34. The number of para-hydroxylation sites is 1. The van der Waals surface area contributed by atoms with Gasteiger partial charge < -0.3 is 15.4 Å². The second-order valence-electron chi connectivity index (χ2n) is 7.19. The largest absolute Gasteiger partial charge is 0.484 e. The normalized spacial score (nSPS) is 16.0. The highest BCUT2D eigenvalue weighted by Gasteiger charge is 2.28. The van der Waals surface area contributed by atoms with Crippen LogP contribution in [0.4, 0.5) is 24.0 Å². The lowest BCUT2D eigenvalue weighted by molar-refractivity contribution is -0.153. The molecule has 1 aliphatic rings. The zero-order valence-electron chi connectivity index (χ0n) is 16.2. The van der Waals surface area contributed by atoms with Gasteiger partial charge in [0.1, 0.15) is 5.75 Å². The summed E-state index contributed by atoms with van der Waals surface area (Å²) in [6, 6.07) is 12.0. The molecule has 2 heterocycles. The zero-order chi connectivity index (χ0) is 22.0. The van der Waals surface area contributed by atoms with Crippen LogP contribution in [-0.2, 0) is 16.0 Å². The number of carbonyl (C=O) groups excluding carboxylic acids is 2. The Morgan fingerprint density at radius 3 is 2.87 bits per heavy atom. The molecule has 2 aromatic carbocycles. The highest BCUT2D eigenvalue weighted by Crippen LogP contribution is 2.31. The van der Waals surface area contributed by atoms with Crippen LogP contribution in [0.1, 0.15) is 18.4 Å². The Labute approximate surface area is 179 Å². The number of alkyl halides is 3. The summed E-state index contributed by atoms with van der Waals surface area (Å²) < 4.78 is 42.2. The molecular formula is C21H18F3N3O3S. The molecular weight excluding hydrogens is 431 g/mol. The highest BCUT2D eigenvalue weighted by molar-refractivity contribution is 7.22. The van der Waals surface area contributed by atoms with Gasteiger partial charge in [0.2, 0.25) is 11.8 Å². The third-order valence-corrected chi connectivity index (χ3v) is 5.77. The molecule has 1 aliphatic heterocycles. The van der Waals surface area contributed by atoms with Gasteiger partial charge in [0.05, 0.1) is 10.2 Å². The van der Waals surface area contributed by atoms with Gasteiger partial charge in [-0.25, -0.2) is 4.98 Å². The van der Waals surface area contributed by atoms with Gasteiger partial charge in [-0.15, -0.1) is 0 Å². The number of benzene rings is 2. The first kappa shape index (κ1) is 21.1. The van der Waals surface area contributed by atoms with E-state index < -0.39 is 12.8 Å². The third-order valence-electron chi connectivity index (χ3n) is 4.84. The predicted molar refractivity (Wildman–Crippen MR) is 111 cm³/mol. The van der Waals surface area contributed by atoms with E-state index in [1.807, 2.05) is 24.3 Å². The van der Waals surface area contributed by atoms with Crippen molar-refractivity contribution in [2.75, 3.05) is 17.2 Å². The van der Waals surface area contributed by atoms with E-state index in [0.29, 0.717) is 28.2 Å². The molecule has 1 aromatic heterocycles. The van der Waals surface area contributed by atoms with Crippen LogP contribution in [0.5, 0.6) is 5.75 Å². The summed E-state index contributed by atoms with van der Waals surface area (Å²) in [7, 11) is 0. The minimum atomic E-state index is -4.42. The molecule has 0 bridgehead atoms. The van der Waals surface area contributed by atoms with Crippen molar-refractivity contribution in [2.24, 2.45) is 5.92 Å². The number of rotatable bonds is 6. The lowest BCUT2D eigenvalue weighted by Crippen LogP contribution is -2.30. The Morgan fingerprint density at radius 1 is 1.26 bits per heavy atom. The number of hydrogen-bond donors (Lipinski definition) is 2. The first-order valence-corrected chi connectivity index (χ1v) is 10.4. The van der Waals surface area contributed by atoms with Gasteiger partial charge in [-0.2, -0.15) is 13.2 Å². The van der Waals surface area contributed by atoms with Gasteiger partial charge in [0, 0.05) is 18.0 Å². The number of hydrogen-bond acceptors (Lipinski definition) is 5. The molecule has 0 fully saturated rings. The van der Waals surface area contributed by atoms with Crippen LogP contribution in [0.25, 0.3) is 10.2 Å². The maximum Gasteiger partial charge on any atom is 0.422 e. The van der Waals surface area contributed by atoms with Gasteiger partial charge in [-0.3, -0.25) is 9.59 Å². The third kappa shape index (κ3) is 5.32. The Kier molecular flexibility index (Phi) is 5.81. The monoisotopic (exact) mass is 449 g/mol. The van der Waals surface area contributed by atoms with Crippen LogP contribution >= 0.6 is 11.3 Å². The molecule has 1 atom stereocenters. The molecule has 0 spiro atoms. The number of nitrogens with one attached hydrogen (secondary N) is 2. The average molecular weight is 449 g/mol. The first-order chi connectivity index (χ1) is 14.8. The van der Waals surface area contributed by atoms with Crippen molar-refractivity contribution in [1.29, 1.82) is 0 Å². The molecule has 2 N–H and O–H groups in total. The molecule has 0 radical (unpaired) electrons. The predicted octanol–water partition coefficient (Wildman–Crippen LogP) is 4.77. The number of fused-ring (bicyclic) bond motifs is 2. The van der Waals surface area contributed by atoms with E-state index in [2.05, 4.69) is 15.6 Å². The van der Waals surface area contributed by atoms with Crippen molar-refractivity contribution in [2.45, 2.75) is 25.4 Å². The summed E-state index contributed by atoms with van der Waals surface area (Å²) in [5, 5.41) is 5.90. The quantitative estimate of drug-likeness (QED) is 0.568. The van der Waals surface area contributed by atoms with Crippen molar-refractivity contribution < 1.29 is 27.5 Å². The molecule has 31 heavy (non-hydrogen) atoms. The molecule has 0 saturated heterocycles. The molecule has 1 unspecified atom stereocenters. The van der Waals surface area contributed by atoms with Gasteiger partial charge in [-0.05, 0) is 42.7 Å². The zero-order valence-corrected chi connectivity index (χ0v) is 17.0. The second kappa shape index (κ2) is 8.54. The van der Waals surface area contributed by atoms with Crippen molar-refractivity contribution in [3.63, 3.8) is 0 Å². The molecule has 6 nitrogen and oxygen atoms in total. The molecule has 4 rings (SSSR count). The minimum absolute atomic E-state index is 0.0787. The summed E-state index contributed by atoms with van der Waals surface area (Å²) in [5.41, 5.74) is 2.39. The first-order valence-electron chi connectivity index (χ1n) is 9.55. The fraction of sp³-hybridized carbons (Fsp3) is 0.286. The SMILES string of the molecule is O=C(CCC1Cc2ccccc2NC1=O)Nc1nc2ccc(OCC(F)(F)F)cc2s1. The maximum absolute atomic E-state index is 12.3. The van der Waals surface area contributed by atoms with E-state index in [4.69, 9.17) is 4.74 Å². The number of anilines is 2. The summed E-state index contributed by atoms with van der Waals surface area (Å²) in [6.07, 6.45) is -3.29. The number of nitrogens with zero attached hydrogens (tertiary/aromatic N) is 1. The molecule has 10 heteroatoms. The van der Waals surface area contributed by atoms with E-state index in [-0.39, 0.29) is 29.9 Å². The second-order valence-corrected chi connectivity index (χ2v) is 8.22. The fourth-order valence-corrected chi connectivity index (χ4v) is 4.26. The van der Waals surface area contributed by atoms with E-state index in [1.54, 1.807) is 0 Å². The Morgan fingerprint density at radius 2 is 2.06 bits per heavy atom. The maximum atomic E-state index is 12.3. The average Bonchev–Trinajstić information content (AvgIpc) is 3.11. The number of carbonyl (C=O) groups is 2. The van der Waals surface area contributed by atoms with Gasteiger partial charge in [0.25, 0.3) is 0 Å². The van der Waals surface area contributed by atoms with Crippen LogP contribution in [-0.4, -0.2) is 29.6 Å². The van der Waals surface area contributed by atoms with E-state index in [0.717, 1.165) is 22.6 Å². The van der Waals surface area contributed by atoms with Gasteiger partial charge in [-0.1, -0.05) is 29.5 Å². The number of aromatic nitrogens is 1. The van der Waals surface area contributed by atoms with Crippen molar-refractivity contribution in [3.8, 4) is 5.75 Å². The smallest absolute Gasteiger partial charge is 0.422 e. The van der Waals surface area contributed by atoms with Crippen LogP contribution in [0.2, 0.25) is 0 Å². The molecule has 3 aromatic rings. The van der Waals surface area contributed by atoms with Crippen molar-refractivity contribution >= 4 is 44.2 Å². The van der Waals surface area contributed by atoms with Gasteiger partial charge in [0.15, 0.2) is 11.7 Å². The van der Waals surface area contributed by atoms with E-state index >= 15 is 0 Å². The van der Waals surface area contributed by atoms with Crippen LogP contribution in [0.3, 0.4) is 0 Å². The Hall–Kier alpha value is -3.14. The standard InChI is InChI=1S/C21H18F3N3O3S/c22-21(23,24)11-30-14-6-7-16-17(10-14)31-20(26-16)27-18(28)8-5-13-9-12-3-1-2-4-15(12)25-19(13)29/h1-4,6-7,10,13H,5,8-9,11H2,(H,25,29)(H,26,27,28). The van der Waals surface area contributed by atoms with Crippen LogP contribution in [0, 0.1) is 5.92 Å². The molecule has 0 saturated carbocycles. The van der Waals surface area contributed by atoms with Crippen LogP contribution < -0.4 is 15.4 Å². The van der Waals surface area contributed by atoms with Crippen molar-refractivity contribution in [1.82, 2.24) is 4.98 Å². The number of halogens is 3. The van der Waals surface area contributed by atoms with E-state index in [9.17, 15) is 22.8 Å². The summed E-state index contributed by atoms with van der Waals surface area (Å²) in [4.78, 5) is 28.9. The molecule has 2 amide bonds. The minimum Gasteiger partial charge on any atom is -0.484 e. The lowest BCUT2D eigenvalue weighted by Gasteiger charge is -2.24. The lowest BCUT2D eigenvalue weighted by atomic mass is 9.89. The molecule has 0 aliphatic carbocycles. The summed E-state index contributed by atoms with van der Waals surface area (Å²) in [6.45, 7) is -1.37. The summed E-state index contributed by atoms with van der Waals surface area (Å²) in [5.74, 6) is -0.587. The van der Waals surface area contributed by atoms with Crippen LogP contribution in [0.15, 0.2) is 42.5 Å². The van der Waals surface area contributed by atoms with E-state index in [1.165, 1.54) is 18.2 Å². The highest BCUT2D eigenvalue weighted by atomic mass is 32.1. The fourth-order valence-electron chi connectivity index (χ4n) is 3.35. The number of ether oxygens (including phenoxy) is 1. The van der Waals surface area contributed by atoms with Crippen molar-refractivity contribution in [3.05, 3.63) is 48.0 Å². The number of amides is 2. The molecule has 162 valence electrons. The Bertz CT molecular complexity index is 1130.